The highest BCUT2D eigenvalue weighted by molar-refractivity contribution is 14.1. The van der Waals surface area contributed by atoms with Crippen LogP contribution in [0.2, 0.25) is 0 Å². The lowest BCUT2D eigenvalue weighted by Gasteiger charge is -1.95. The van der Waals surface area contributed by atoms with E-state index in [4.69, 9.17) is 0 Å². The van der Waals surface area contributed by atoms with Gasteiger partial charge in [0.1, 0.15) is 0 Å². The van der Waals surface area contributed by atoms with Crippen molar-refractivity contribution in [1.29, 1.82) is 0 Å². The van der Waals surface area contributed by atoms with Crippen LogP contribution in [-0.2, 0) is 0 Å². The molecule has 0 radical (unpaired) electrons. The van der Waals surface area contributed by atoms with Gasteiger partial charge in [0.2, 0.25) is 5.95 Å². The number of hydrogen-bond acceptors (Lipinski definition) is 2. The van der Waals surface area contributed by atoms with Crippen LogP contribution in [0.15, 0.2) is 17.2 Å². The number of nitrogens with zero attached hydrogens (tertiary/aromatic N) is 1. The molecule has 0 atom stereocenters. The van der Waals surface area contributed by atoms with Crippen molar-refractivity contribution < 1.29 is 4.39 Å². The number of hydrogen-bond donors (Lipinski definition) is 0. The molecule has 0 spiro atoms. The quantitative estimate of drug-likeness (QED) is 0.441. The molecule has 0 bridgehead atoms. The predicted molar refractivity (Wildman–Crippen MR) is 48.7 cm³/mol. The van der Waals surface area contributed by atoms with Gasteiger partial charge < -0.3 is 0 Å². The lowest BCUT2D eigenvalue weighted by molar-refractivity contribution is 0.564. The van der Waals surface area contributed by atoms with Gasteiger partial charge in [0, 0.05) is 0 Å². The molecule has 0 unspecified atom stereocenters. The summed E-state index contributed by atoms with van der Waals surface area (Å²) < 4.78 is 13.2. The van der Waals surface area contributed by atoms with Crippen molar-refractivity contribution in [2.45, 2.75) is 5.03 Å². The van der Waals surface area contributed by atoms with E-state index in [9.17, 15) is 4.39 Å². The first-order valence-electron chi connectivity index (χ1n) is 2.60. The fraction of sp³-hybridized carbons (Fsp3) is 0.167. The van der Waals surface area contributed by atoms with Crippen LogP contribution < -0.4 is 0 Å². The van der Waals surface area contributed by atoms with E-state index in [1.54, 1.807) is 12.1 Å². The smallest absolute Gasteiger partial charge is 0.212 e. The molecule has 0 saturated heterocycles. The Balaban J connectivity index is 3.04. The van der Waals surface area contributed by atoms with Crippen LogP contribution in [0.25, 0.3) is 0 Å². The molecule has 4 heteroatoms. The molecule has 1 nitrogen and oxygen atoms in total. The van der Waals surface area contributed by atoms with Crippen molar-refractivity contribution in [1.82, 2.24) is 4.98 Å². The summed E-state index contributed by atoms with van der Waals surface area (Å²) in [5.74, 6) is -0.382. The van der Waals surface area contributed by atoms with Crippen LogP contribution in [0.4, 0.5) is 4.39 Å². The van der Waals surface area contributed by atoms with Crippen LogP contribution in [0.1, 0.15) is 0 Å². The average Bonchev–Trinajstić information content (AvgIpc) is 1.95. The second kappa shape index (κ2) is 3.52. The number of pyridine rings is 1. The second-order valence-electron chi connectivity index (χ2n) is 1.63. The zero-order valence-electron chi connectivity index (χ0n) is 5.27. The molecule has 0 aliphatic rings. The van der Waals surface area contributed by atoms with Gasteiger partial charge in [0.15, 0.2) is 0 Å². The second-order valence-corrected chi connectivity index (χ2v) is 3.61. The van der Waals surface area contributed by atoms with Crippen LogP contribution in [0, 0.1) is 9.52 Å². The molecule has 54 valence electrons. The van der Waals surface area contributed by atoms with Gasteiger partial charge >= 0.3 is 0 Å². The molecule has 1 aromatic heterocycles. The minimum atomic E-state index is -0.382. The SMILES string of the molecule is CSc1ccc(I)c(F)n1. The van der Waals surface area contributed by atoms with Gasteiger partial charge in [-0.05, 0) is 41.0 Å². The van der Waals surface area contributed by atoms with Gasteiger partial charge in [0.05, 0.1) is 8.60 Å². The molecule has 0 aromatic carbocycles. The molecule has 0 amide bonds. The summed E-state index contributed by atoms with van der Waals surface area (Å²) in [6.45, 7) is 0. The Morgan fingerprint density at radius 1 is 1.60 bits per heavy atom. The van der Waals surface area contributed by atoms with E-state index in [0.29, 0.717) is 3.57 Å². The van der Waals surface area contributed by atoms with E-state index in [2.05, 4.69) is 4.98 Å². The lowest BCUT2D eigenvalue weighted by Crippen LogP contribution is -1.88. The number of rotatable bonds is 1. The lowest BCUT2D eigenvalue weighted by atomic mass is 10.5. The van der Waals surface area contributed by atoms with E-state index >= 15 is 0 Å². The van der Waals surface area contributed by atoms with Crippen molar-refractivity contribution in [2.75, 3.05) is 6.26 Å². The molecular formula is C6H5FINS. The molecule has 0 aliphatic carbocycles. The summed E-state index contributed by atoms with van der Waals surface area (Å²) in [4.78, 5) is 3.68. The van der Waals surface area contributed by atoms with Gasteiger partial charge in [-0.3, -0.25) is 0 Å². The molecule has 1 heterocycles. The minimum absolute atomic E-state index is 0.382. The fourth-order valence-electron chi connectivity index (χ4n) is 0.514. The van der Waals surface area contributed by atoms with Crippen LogP contribution >= 0.6 is 34.4 Å². The molecule has 0 N–H and O–H groups in total. The molecule has 0 fully saturated rings. The molecule has 0 saturated carbocycles. The Kier molecular flexibility index (Phi) is 2.91. The largest absolute Gasteiger partial charge is 0.227 e. The number of thioether (sulfide) groups is 1. The Bertz CT molecular complexity index is 241. The first-order valence-corrected chi connectivity index (χ1v) is 4.90. The first kappa shape index (κ1) is 8.26. The highest BCUT2D eigenvalue weighted by Gasteiger charge is 1.99. The van der Waals surface area contributed by atoms with Gasteiger partial charge in [-0.25, -0.2) is 4.98 Å². The highest BCUT2D eigenvalue weighted by atomic mass is 127. The predicted octanol–water partition coefficient (Wildman–Crippen LogP) is 2.55. The Hall–Kier alpha value is 0.160. The van der Waals surface area contributed by atoms with E-state index in [-0.39, 0.29) is 5.95 Å². The van der Waals surface area contributed by atoms with Gasteiger partial charge in [-0.1, -0.05) is 0 Å². The number of halogens is 2. The third-order valence-corrected chi connectivity index (χ3v) is 2.44. The summed E-state index contributed by atoms with van der Waals surface area (Å²) in [5.41, 5.74) is 0. The average molecular weight is 269 g/mol. The van der Waals surface area contributed by atoms with Crippen LogP contribution in [0.5, 0.6) is 0 Å². The van der Waals surface area contributed by atoms with E-state index in [1.165, 1.54) is 11.8 Å². The molecule has 10 heavy (non-hydrogen) atoms. The number of aromatic nitrogens is 1. The molecule has 0 aliphatic heterocycles. The van der Waals surface area contributed by atoms with Crippen LogP contribution in [-0.4, -0.2) is 11.2 Å². The summed E-state index contributed by atoms with van der Waals surface area (Å²) in [6.07, 6.45) is 1.87. The van der Waals surface area contributed by atoms with Crippen molar-refractivity contribution in [3.8, 4) is 0 Å². The summed E-state index contributed by atoms with van der Waals surface area (Å²) in [7, 11) is 0. The maximum Gasteiger partial charge on any atom is 0.227 e. The Labute approximate surface area is 76.6 Å². The highest BCUT2D eigenvalue weighted by Crippen LogP contribution is 2.14. The molecule has 1 aromatic rings. The van der Waals surface area contributed by atoms with E-state index < -0.39 is 0 Å². The van der Waals surface area contributed by atoms with Gasteiger partial charge in [0.25, 0.3) is 0 Å². The maximum absolute atomic E-state index is 12.6. The Morgan fingerprint density at radius 2 is 2.30 bits per heavy atom. The summed E-state index contributed by atoms with van der Waals surface area (Å²) in [5, 5.41) is 0.720. The molecule has 1 rings (SSSR count). The standard InChI is InChI=1S/C6H5FINS/c1-10-5-3-2-4(8)6(7)9-5/h2-3H,1H3. The third kappa shape index (κ3) is 1.82. The normalized spacial score (nSPS) is 9.90. The van der Waals surface area contributed by atoms with Gasteiger partial charge in [-0.15, -0.1) is 11.8 Å². The van der Waals surface area contributed by atoms with E-state index in [1.807, 2.05) is 28.8 Å². The zero-order valence-corrected chi connectivity index (χ0v) is 8.24. The molecular weight excluding hydrogens is 264 g/mol. The third-order valence-electron chi connectivity index (χ3n) is 0.987. The zero-order chi connectivity index (χ0) is 7.56. The monoisotopic (exact) mass is 269 g/mol. The topological polar surface area (TPSA) is 12.9 Å². The van der Waals surface area contributed by atoms with Gasteiger partial charge in [-0.2, -0.15) is 4.39 Å². The van der Waals surface area contributed by atoms with Crippen molar-refractivity contribution in [2.24, 2.45) is 0 Å². The summed E-state index contributed by atoms with van der Waals surface area (Å²) in [6, 6.07) is 3.52. The Morgan fingerprint density at radius 3 is 2.80 bits per heavy atom. The van der Waals surface area contributed by atoms with Crippen LogP contribution in [0.3, 0.4) is 0 Å². The summed E-state index contributed by atoms with van der Waals surface area (Å²) >= 11 is 3.35. The maximum atomic E-state index is 12.6. The van der Waals surface area contributed by atoms with Crippen molar-refractivity contribution in [3.05, 3.63) is 21.7 Å². The van der Waals surface area contributed by atoms with Crippen molar-refractivity contribution >= 4 is 34.4 Å². The first-order chi connectivity index (χ1) is 4.74. The fourth-order valence-corrected chi connectivity index (χ4v) is 1.19. The van der Waals surface area contributed by atoms with E-state index in [0.717, 1.165) is 5.03 Å². The van der Waals surface area contributed by atoms with Crippen molar-refractivity contribution in [3.63, 3.8) is 0 Å². The minimum Gasteiger partial charge on any atom is -0.212 e.